The topological polar surface area (TPSA) is 87.1 Å². The number of rotatable bonds is 12. The molecule has 8 heteroatoms. The first-order chi connectivity index (χ1) is 16.6. The van der Waals surface area contributed by atoms with E-state index in [2.05, 4.69) is 20.1 Å². The van der Waals surface area contributed by atoms with Crippen LogP contribution in [0.2, 0.25) is 0 Å². The number of fused-ring (bicyclic) bond motifs is 1. The second-order valence-corrected chi connectivity index (χ2v) is 12.1. The maximum absolute atomic E-state index is 14.3. The van der Waals surface area contributed by atoms with E-state index in [0.29, 0.717) is 13.0 Å². The van der Waals surface area contributed by atoms with Crippen molar-refractivity contribution >= 4 is 29.5 Å². The Morgan fingerprint density at radius 2 is 2.00 bits per heavy atom. The molecule has 0 aromatic rings. The zero-order valence-corrected chi connectivity index (χ0v) is 22.6. The van der Waals surface area contributed by atoms with Gasteiger partial charge in [-0.1, -0.05) is 39.3 Å². The quantitative estimate of drug-likeness (QED) is 0.248. The van der Waals surface area contributed by atoms with Crippen molar-refractivity contribution in [2.75, 3.05) is 19.8 Å². The van der Waals surface area contributed by atoms with E-state index in [9.17, 15) is 19.5 Å². The van der Waals surface area contributed by atoms with E-state index in [1.807, 2.05) is 27.7 Å². The molecule has 1 spiro atoms. The Balaban J connectivity index is 2.12. The minimum absolute atomic E-state index is 0.00289. The predicted molar refractivity (Wildman–Crippen MR) is 139 cm³/mol. The van der Waals surface area contributed by atoms with Crippen molar-refractivity contribution in [3.63, 3.8) is 0 Å². The third-order valence-corrected chi connectivity index (χ3v) is 10.4. The molecule has 2 amide bonds. The lowest BCUT2D eigenvalue weighted by atomic mass is 9.66. The number of carbonyl (C=O) groups is 3. The molecule has 3 heterocycles. The number of thioether (sulfide) groups is 1. The summed E-state index contributed by atoms with van der Waals surface area (Å²) in [6, 6.07) is -1.32. The first-order valence-electron chi connectivity index (χ1n) is 12.9. The van der Waals surface area contributed by atoms with Crippen molar-refractivity contribution in [3.05, 3.63) is 25.3 Å². The van der Waals surface area contributed by atoms with Crippen LogP contribution < -0.4 is 0 Å². The van der Waals surface area contributed by atoms with E-state index in [-0.39, 0.29) is 54.1 Å². The molecule has 3 unspecified atom stereocenters. The summed E-state index contributed by atoms with van der Waals surface area (Å²) in [5, 5.41) is 10.4. The molecule has 7 nitrogen and oxygen atoms in total. The minimum atomic E-state index is -0.746. The van der Waals surface area contributed by atoms with Crippen LogP contribution >= 0.6 is 11.8 Å². The fraction of sp³-hybridized carbons (Fsp3) is 0.741. The van der Waals surface area contributed by atoms with Gasteiger partial charge < -0.3 is 19.6 Å². The Kier molecular flexibility index (Phi) is 8.79. The van der Waals surface area contributed by atoms with E-state index >= 15 is 0 Å². The van der Waals surface area contributed by atoms with Gasteiger partial charge in [0.2, 0.25) is 11.8 Å². The summed E-state index contributed by atoms with van der Waals surface area (Å²) in [6.07, 6.45) is 5.46. The molecule has 0 saturated carbocycles. The third kappa shape index (κ3) is 4.45. The maximum atomic E-state index is 14.3. The molecule has 3 rings (SSSR count). The van der Waals surface area contributed by atoms with Crippen LogP contribution in [-0.2, 0) is 19.1 Å². The smallest absolute Gasteiger partial charge is 0.310 e. The summed E-state index contributed by atoms with van der Waals surface area (Å²) >= 11 is 1.63. The fourth-order valence-electron chi connectivity index (χ4n) is 6.37. The van der Waals surface area contributed by atoms with Crippen LogP contribution in [0.1, 0.15) is 53.9 Å². The van der Waals surface area contributed by atoms with Crippen molar-refractivity contribution in [2.24, 2.45) is 23.7 Å². The van der Waals surface area contributed by atoms with Gasteiger partial charge in [-0.05, 0) is 38.5 Å². The van der Waals surface area contributed by atoms with Gasteiger partial charge in [0.05, 0.1) is 35.8 Å². The van der Waals surface area contributed by atoms with Crippen LogP contribution in [0.3, 0.4) is 0 Å². The van der Waals surface area contributed by atoms with E-state index in [1.165, 1.54) is 0 Å². The molecular weight excluding hydrogens is 464 g/mol. The molecule has 1 N–H and O–H groups in total. The summed E-state index contributed by atoms with van der Waals surface area (Å²) in [4.78, 5) is 45.2. The van der Waals surface area contributed by atoms with Gasteiger partial charge >= 0.3 is 5.97 Å². The number of nitrogens with zero attached hydrogens (tertiary/aromatic N) is 2. The van der Waals surface area contributed by atoms with Crippen LogP contribution in [0.15, 0.2) is 25.3 Å². The van der Waals surface area contributed by atoms with E-state index in [0.717, 1.165) is 12.8 Å². The highest BCUT2D eigenvalue weighted by Gasteiger charge is 2.77. The summed E-state index contributed by atoms with van der Waals surface area (Å²) in [5.74, 6) is -1.84. The highest BCUT2D eigenvalue weighted by atomic mass is 32.2. The average molecular weight is 507 g/mol. The Bertz CT molecular complexity index is 847. The minimum Gasteiger partial charge on any atom is -0.465 e. The summed E-state index contributed by atoms with van der Waals surface area (Å²) < 4.78 is 4.84. The van der Waals surface area contributed by atoms with Crippen LogP contribution in [0.25, 0.3) is 0 Å². The second kappa shape index (κ2) is 11.1. The highest BCUT2D eigenvalue weighted by molar-refractivity contribution is 8.02. The molecule has 0 aromatic carbocycles. The molecule has 3 aliphatic rings. The lowest BCUT2D eigenvalue weighted by Crippen LogP contribution is -2.61. The van der Waals surface area contributed by atoms with Crippen LogP contribution in [0, 0.1) is 23.7 Å². The lowest BCUT2D eigenvalue weighted by molar-refractivity contribution is -0.155. The summed E-state index contributed by atoms with van der Waals surface area (Å²) in [6.45, 7) is 17.9. The number of hydrogen-bond donors (Lipinski definition) is 1. The number of aliphatic hydroxyl groups is 1. The fourth-order valence-corrected chi connectivity index (χ4v) is 8.76. The van der Waals surface area contributed by atoms with Gasteiger partial charge in [0.1, 0.15) is 6.04 Å². The van der Waals surface area contributed by atoms with Gasteiger partial charge in [-0.2, -0.15) is 0 Å². The molecule has 8 atom stereocenters. The molecule has 35 heavy (non-hydrogen) atoms. The maximum Gasteiger partial charge on any atom is 0.310 e. The molecule has 0 aromatic heterocycles. The second-order valence-electron chi connectivity index (χ2n) is 10.6. The van der Waals surface area contributed by atoms with Crippen molar-refractivity contribution < 1.29 is 24.2 Å². The monoisotopic (exact) mass is 506 g/mol. The van der Waals surface area contributed by atoms with Gasteiger partial charge in [0.25, 0.3) is 0 Å². The first kappa shape index (κ1) is 27.8. The number of aliphatic hydroxyl groups excluding tert-OH is 1. The molecule has 196 valence electrons. The lowest BCUT2D eigenvalue weighted by Gasteiger charge is -2.43. The van der Waals surface area contributed by atoms with Crippen molar-refractivity contribution in [1.29, 1.82) is 0 Å². The van der Waals surface area contributed by atoms with Crippen LogP contribution in [0.5, 0.6) is 0 Å². The van der Waals surface area contributed by atoms with E-state index < -0.39 is 28.7 Å². The molecule has 3 fully saturated rings. The van der Waals surface area contributed by atoms with Gasteiger partial charge in [-0.25, -0.2) is 0 Å². The highest BCUT2D eigenvalue weighted by Crippen LogP contribution is 2.69. The standard InChI is InChI=1S/C27H42N2O5S/c1-8-11-13-34-26(33)21-20-14-18(7)27(35-20)22(21)24(31)29(19(15-30)17(6)10-3)23(27)25(32)28(12-9-2)16(4)5/h8-9,16-23,30H,1-2,10-15H2,3-7H3/t17-,18?,19-,20+,21-,22-,23?,27?/m0/s1. The van der Waals surface area contributed by atoms with Gasteiger partial charge in [-0.15, -0.1) is 24.9 Å². The Morgan fingerprint density at radius 3 is 2.54 bits per heavy atom. The first-order valence-corrected chi connectivity index (χ1v) is 13.8. The summed E-state index contributed by atoms with van der Waals surface area (Å²) in [7, 11) is 0. The largest absolute Gasteiger partial charge is 0.465 e. The molecule has 3 saturated heterocycles. The average Bonchev–Trinajstić information content (AvgIpc) is 3.41. The van der Waals surface area contributed by atoms with Gasteiger partial charge in [-0.3, -0.25) is 14.4 Å². The van der Waals surface area contributed by atoms with Crippen molar-refractivity contribution in [3.8, 4) is 0 Å². The van der Waals surface area contributed by atoms with Crippen molar-refractivity contribution in [1.82, 2.24) is 9.80 Å². The van der Waals surface area contributed by atoms with Gasteiger partial charge in [0.15, 0.2) is 0 Å². The Labute approximate surface area is 214 Å². The molecule has 0 aliphatic carbocycles. The third-order valence-electron chi connectivity index (χ3n) is 8.33. The van der Waals surface area contributed by atoms with E-state index in [4.69, 9.17) is 4.74 Å². The molecule has 0 radical (unpaired) electrons. The van der Waals surface area contributed by atoms with Crippen molar-refractivity contribution in [2.45, 2.75) is 82.0 Å². The van der Waals surface area contributed by atoms with Crippen LogP contribution in [0.4, 0.5) is 0 Å². The molecular formula is C27H42N2O5S. The molecule has 3 aliphatic heterocycles. The predicted octanol–water partition coefficient (Wildman–Crippen LogP) is 3.27. The van der Waals surface area contributed by atoms with E-state index in [1.54, 1.807) is 33.7 Å². The zero-order chi connectivity index (χ0) is 26.1. The van der Waals surface area contributed by atoms with Crippen LogP contribution in [-0.4, -0.2) is 80.6 Å². The number of carbonyl (C=O) groups excluding carboxylic acids is 3. The molecule has 2 bridgehead atoms. The number of likely N-dealkylation sites (tertiary alicyclic amines) is 1. The Hall–Kier alpha value is -1.80. The van der Waals surface area contributed by atoms with Gasteiger partial charge in [0, 0.05) is 17.8 Å². The summed E-state index contributed by atoms with van der Waals surface area (Å²) in [5.41, 5.74) is 0. The number of hydrogen-bond acceptors (Lipinski definition) is 6. The number of esters is 1. The SMILES string of the molecule is C=CCCOC(=O)[C@@H]1[C@H]2C(=O)N([C@@H](CO)[C@@H](C)CC)C(C(=O)N(CC=C)C(C)C)C23S[C@@H]1CC3C. The normalized spacial score (nSPS) is 32.9. The zero-order valence-electron chi connectivity index (χ0n) is 21.8. The number of amides is 2. The Morgan fingerprint density at radius 1 is 1.31 bits per heavy atom. The number of ether oxygens (including phenoxy) is 1.